The fraction of sp³-hybridized carbons (Fsp3) is 0.222. The highest BCUT2D eigenvalue weighted by atomic mass is 79.9. The predicted molar refractivity (Wildman–Crippen MR) is 50.7 cm³/mol. The van der Waals surface area contributed by atoms with Gasteiger partial charge in [0.15, 0.2) is 0 Å². The van der Waals surface area contributed by atoms with Crippen molar-refractivity contribution in [2.45, 2.75) is 12.5 Å². The Labute approximate surface area is 84.7 Å². The Bertz CT molecular complexity index is 319. The molecule has 0 aromatic heterocycles. The molecule has 3 nitrogen and oxygen atoms in total. The summed E-state index contributed by atoms with van der Waals surface area (Å²) in [6, 6.07) is 6.78. The summed E-state index contributed by atoms with van der Waals surface area (Å²) < 4.78 is 0.880. The zero-order valence-electron chi connectivity index (χ0n) is 7.08. The van der Waals surface area contributed by atoms with Gasteiger partial charge < -0.3 is 15.6 Å². The summed E-state index contributed by atoms with van der Waals surface area (Å²) in [5, 5.41) is 10.7. The number of carbonyl (C=O) groups is 1. The lowest BCUT2D eigenvalue weighted by Crippen LogP contribution is -2.50. The van der Waals surface area contributed by atoms with Gasteiger partial charge in [-0.05, 0) is 24.6 Å². The average Bonchev–Trinajstić information content (AvgIpc) is 2.04. The molecule has 1 rings (SSSR count). The number of hydrogen-bond acceptors (Lipinski definition) is 3. The number of carboxylic acids is 1. The molecule has 0 radical (unpaired) electrons. The Kier molecular flexibility index (Phi) is 2.73. The maximum absolute atomic E-state index is 10.7. The van der Waals surface area contributed by atoms with Gasteiger partial charge in [-0.25, -0.2) is 0 Å². The van der Waals surface area contributed by atoms with Crippen LogP contribution in [0.4, 0.5) is 0 Å². The Morgan fingerprint density at radius 2 is 1.92 bits per heavy atom. The highest BCUT2D eigenvalue weighted by Crippen LogP contribution is 2.19. The first-order valence-electron chi connectivity index (χ1n) is 3.71. The molecular weight excluding hydrogens is 234 g/mol. The Hall–Kier alpha value is -0.870. The minimum Gasteiger partial charge on any atom is -0.548 e. The molecule has 4 heteroatoms. The third-order valence-corrected chi connectivity index (χ3v) is 2.40. The summed E-state index contributed by atoms with van der Waals surface area (Å²) in [4.78, 5) is 10.7. The Balaban J connectivity index is 3.08. The Morgan fingerprint density at radius 1 is 1.46 bits per heavy atom. The smallest absolute Gasteiger partial charge is 0.0783 e. The maximum atomic E-state index is 10.7. The molecule has 0 heterocycles. The predicted octanol–water partition coefficient (Wildman–Crippen LogP) is 0.373. The van der Waals surface area contributed by atoms with Crippen LogP contribution in [-0.2, 0) is 10.3 Å². The summed E-state index contributed by atoms with van der Waals surface area (Å²) in [6.07, 6.45) is 0. The lowest BCUT2D eigenvalue weighted by molar-refractivity contribution is -0.313. The van der Waals surface area contributed by atoms with Gasteiger partial charge in [-0.1, -0.05) is 28.1 Å². The molecule has 0 saturated carbocycles. The summed E-state index contributed by atoms with van der Waals surface area (Å²) in [6.45, 7) is 1.41. The number of rotatable bonds is 2. The molecule has 1 unspecified atom stereocenters. The fourth-order valence-electron chi connectivity index (χ4n) is 0.914. The minimum atomic E-state index is -1.43. The van der Waals surface area contributed by atoms with Gasteiger partial charge in [0.05, 0.1) is 11.5 Å². The van der Waals surface area contributed by atoms with Crippen molar-refractivity contribution >= 4 is 21.9 Å². The van der Waals surface area contributed by atoms with Crippen molar-refractivity contribution in [1.29, 1.82) is 0 Å². The standard InChI is InChI=1S/C9H10BrNO2/c1-9(11,8(12)13)6-2-4-7(10)5-3-6/h2-5H,11H2,1H3,(H,12,13)/p-1. The number of nitrogens with two attached hydrogens (primary N) is 1. The monoisotopic (exact) mass is 242 g/mol. The topological polar surface area (TPSA) is 66.2 Å². The zero-order valence-corrected chi connectivity index (χ0v) is 8.67. The maximum Gasteiger partial charge on any atom is 0.0783 e. The van der Waals surface area contributed by atoms with Crippen LogP contribution in [0, 0.1) is 0 Å². The normalized spacial score (nSPS) is 15.0. The Morgan fingerprint density at radius 3 is 2.31 bits per heavy atom. The molecule has 0 aliphatic carbocycles. The van der Waals surface area contributed by atoms with E-state index in [2.05, 4.69) is 15.9 Å². The molecule has 0 bridgehead atoms. The van der Waals surface area contributed by atoms with Crippen LogP contribution < -0.4 is 10.8 Å². The van der Waals surface area contributed by atoms with Crippen LogP contribution >= 0.6 is 15.9 Å². The van der Waals surface area contributed by atoms with Crippen LogP contribution in [-0.4, -0.2) is 5.97 Å². The van der Waals surface area contributed by atoms with E-state index >= 15 is 0 Å². The van der Waals surface area contributed by atoms with Crippen molar-refractivity contribution in [2.75, 3.05) is 0 Å². The van der Waals surface area contributed by atoms with Gasteiger partial charge in [-0.15, -0.1) is 0 Å². The van der Waals surface area contributed by atoms with Gasteiger partial charge >= 0.3 is 0 Å². The average molecular weight is 243 g/mol. The van der Waals surface area contributed by atoms with Crippen molar-refractivity contribution < 1.29 is 9.90 Å². The van der Waals surface area contributed by atoms with Gasteiger partial charge in [-0.3, -0.25) is 0 Å². The van der Waals surface area contributed by atoms with Gasteiger partial charge in [0, 0.05) is 4.47 Å². The molecule has 0 fully saturated rings. The van der Waals surface area contributed by atoms with Crippen molar-refractivity contribution in [1.82, 2.24) is 0 Å². The quantitative estimate of drug-likeness (QED) is 0.816. The highest BCUT2D eigenvalue weighted by Gasteiger charge is 2.22. The summed E-state index contributed by atoms with van der Waals surface area (Å²) in [7, 11) is 0. The van der Waals surface area contributed by atoms with Crippen molar-refractivity contribution in [3.05, 3.63) is 34.3 Å². The van der Waals surface area contributed by atoms with Crippen molar-refractivity contribution in [3.63, 3.8) is 0 Å². The van der Waals surface area contributed by atoms with Crippen LogP contribution in [0.15, 0.2) is 28.7 Å². The van der Waals surface area contributed by atoms with Crippen LogP contribution in [0.1, 0.15) is 12.5 Å². The first-order chi connectivity index (χ1) is 5.94. The van der Waals surface area contributed by atoms with Crippen LogP contribution in [0.2, 0.25) is 0 Å². The molecule has 0 saturated heterocycles. The molecule has 0 aliphatic rings. The third kappa shape index (κ3) is 2.08. The number of hydrogen-bond donors (Lipinski definition) is 1. The number of benzene rings is 1. The minimum absolute atomic E-state index is 0.524. The first-order valence-corrected chi connectivity index (χ1v) is 4.50. The number of halogens is 1. The van der Waals surface area contributed by atoms with E-state index in [0.29, 0.717) is 5.56 Å². The third-order valence-electron chi connectivity index (χ3n) is 1.87. The molecule has 0 aliphatic heterocycles. The second kappa shape index (κ2) is 3.47. The second-order valence-corrected chi connectivity index (χ2v) is 3.91. The molecule has 0 amide bonds. The highest BCUT2D eigenvalue weighted by molar-refractivity contribution is 9.10. The molecule has 0 spiro atoms. The molecule has 1 aromatic carbocycles. The second-order valence-electron chi connectivity index (χ2n) is 3.00. The van der Waals surface area contributed by atoms with Gasteiger partial charge in [0.2, 0.25) is 0 Å². The van der Waals surface area contributed by atoms with Crippen molar-refractivity contribution in [3.8, 4) is 0 Å². The molecule has 2 N–H and O–H groups in total. The summed E-state index contributed by atoms with van der Waals surface area (Å²) in [5.74, 6) is -1.28. The summed E-state index contributed by atoms with van der Waals surface area (Å²) in [5.41, 5.74) is 4.65. The number of carbonyl (C=O) groups excluding carboxylic acids is 1. The molecule has 70 valence electrons. The van der Waals surface area contributed by atoms with Gasteiger partial charge in [-0.2, -0.15) is 0 Å². The van der Waals surface area contributed by atoms with Gasteiger partial charge in [0.25, 0.3) is 0 Å². The molecule has 1 aromatic rings. The molecule has 13 heavy (non-hydrogen) atoms. The SMILES string of the molecule is CC(N)(C(=O)[O-])c1ccc(Br)cc1. The number of aliphatic carboxylic acids is 1. The van der Waals surface area contributed by atoms with Crippen molar-refractivity contribution in [2.24, 2.45) is 5.73 Å². The largest absolute Gasteiger partial charge is 0.548 e. The van der Waals surface area contributed by atoms with E-state index in [-0.39, 0.29) is 0 Å². The van der Waals surface area contributed by atoms with Crippen LogP contribution in [0.5, 0.6) is 0 Å². The lowest BCUT2D eigenvalue weighted by Gasteiger charge is -2.26. The van der Waals surface area contributed by atoms with Gasteiger partial charge in [0.1, 0.15) is 0 Å². The first kappa shape index (κ1) is 10.2. The van der Waals surface area contributed by atoms with Crippen LogP contribution in [0.3, 0.4) is 0 Å². The van der Waals surface area contributed by atoms with Crippen LogP contribution in [0.25, 0.3) is 0 Å². The van der Waals surface area contributed by atoms with E-state index in [1.807, 2.05) is 0 Å². The van der Waals surface area contributed by atoms with E-state index in [1.54, 1.807) is 24.3 Å². The molecular formula is C9H9BrNO2-. The van der Waals surface area contributed by atoms with E-state index in [4.69, 9.17) is 5.73 Å². The fourth-order valence-corrected chi connectivity index (χ4v) is 1.18. The van der Waals surface area contributed by atoms with E-state index in [0.717, 1.165) is 4.47 Å². The lowest BCUT2D eigenvalue weighted by atomic mass is 9.94. The zero-order chi connectivity index (χ0) is 10.1. The molecule has 1 atom stereocenters. The van der Waals surface area contributed by atoms with E-state index < -0.39 is 11.5 Å². The number of carboxylic acid groups (broad SMARTS) is 1. The van der Waals surface area contributed by atoms with E-state index in [1.165, 1.54) is 6.92 Å². The van der Waals surface area contributed by atoms with E-state index in [9.17, 15) is 9.90 Å². The summed E-state index contributed by atoms with van der Waals surface area (Å²) >= 11 is 3.25.